The van der Waals surface area contributed by atoms with Crippen LogP contribution in [0.1, 0.15) is 0 Å². The van der Waals surface area contributed by atoms with E-state index in [-0.39, 0.29) is 0 Å². The Bertz CT molecular complexity index is 203. The summed E-state index contributed by atoms with van der Waals surface area (Å²) in [5.74, 6) is 0.734. The van der Waals surface area contributed by atoms with Gasteiger partial charge in [0.25, 0.3) is 0 Å². The van der Waals surface area contributed by atoms with E-state index in [0.717, 1.165) is 17.9 Å². The van der Waals surface area contributed by atoms with E-state index in [2.05, 4.69) is 24.2 Å². The molecule has 0 bridgehead atoms. The summed E-state index contributed by atoms with van der Waals surface area (Å²) in [6, 6.07) is 0. The molecule has 0 amide bonds. The number of thiol groups is 1. The lowest BCUT2D eigenvalue weighted by Crippen LogP contribution is -1.97. The molecule has 0 fully saturated rings. The van der Waals surface area contributed by atoms with Gasteiger partial charge in [-0.05, 0) is 5.57 Å². The molecule has 1 rings (SSSR count). The zero-order valence-electron chi connectivity index (χ0n) is 5.70. The van der Waals surface area contributed by atoms with Crippen molar-refractivity contribution in [3.63, 3.8) is 0 Å². The molecule has 0 radical (unpaired) electrons. The Morgan fingerprint density at radius 3 is 3.00 bits per heavy atom. The normalized spacial score (nSPS) is 9.70. The minimum absolute atomic E-state index is 0.734. The fourth-order valence-corrected chi connectivity index (χ4v) is 0.788. The van der Waals surface area contributed by atoms with E-state index >= 15 is 0 Å². The van der Waals surface area contributed by atoms with Gasteiger partial charge in [-0.15, -0.1) is 0 Å². The third-order valence-corrected chi connectivity index (χ3v) is 1.64. The van der Waals surface area contributed by atoms with E-state index in [1.165, 1.54) is 0 Å². The van der Waals surface area contributed by atoms with Gasteiger partial charge in [-0.3, -0.25) is 0 Å². The van der Waals surface area contributed by atoms with Gasteiger partial charge in [0.2, 0.25) is 0 Å². The average Bonchev–Trinajstić information content (AvgIpc) is 2.40. The molecule has 0 saturated heterocycles. The second-order valence-electron chi connectivity index (χ2n) is 2.14. The Labute approximate surface area is 66.0 Å². The van der Waals surface area contributed by atoms with Crippen LogP contribution in [0.4, 0.5) is 0 Å². The van der Waals surface area contributed by atoms with Gasteiger partial charge in [-0.1, -0.05) is 6.58 Å². The minimum atomic E-state index is 0.734. The number of imidazole rings is 1. The van der Waals surface area contributed by atoms with E-state index in [4.69, 9.17) is 0 Å². The summed E-state index contributed by atoms with van der Waals surface area (Å²) in [7, 11) is 0. The number of hydrogen-bond acceptors (Lipinski definition) is 2. The summed E-state index contributed by atoms with van der Waals surface area (Å²) < 4.78 is 1.97. The molecule has 0 unspecified atom stereocenters. The van der Waals surface area contributed by atoms with E-state index in [9.17, 15) is 0 Å². The van der Waals surface area contributed by atoms with Crippen LogP contribution in [0.15, 0.2) is 30.9 Å². The van der Waals surface area contributed by atoms with Crippen molar-refractivity contribution in [2.24, 2.45) is 0 Å². The summed E-state index contributed by atoms with van der Waals surface area (Å²) in [4.78, 5) is 3.91. The molecule has 0 aliphatic carbocycles. The molecule has 1 heterocycles. The standard InChI is InChI=1S/C7H10N2S/c1-7(5-10)4-9-3-2-8-6-9/h2-3,6,10H,1,4-5H2. The summed E-state index contributed by atoms with van der Waals surface area (Å²) in [6.45, 7) is 4.65. The van der Waals surface area contributed by atoms with Gasteiger partial charge >= 0.3 is 0 Å². The molecule has 3 heteroatoms. The van der Waals surface area contributed by atoms with E-state index in [1.54, 1.807) is 12.5 Å². The van der Waals surface area contributed by atoms with Crippen molar-refractivity contribution >= 4 is 12.6 Å². The molecule has 10 heavy (non-hydrogen) atoms. The molecule has 0 N–H and O–H groups in total. The van der Waals surface area contributed by atoms with Crippen molar-refractivity contribution in [3.8, 4) is 0 Å². The highest BCUT2D eigenvalue weighted by atomic mass is 32.1. The molecule has 0 aliphatic rings. The Kier molecular flexibility index (Phi) is 2.57. The molecule has 0 aliphatic heterocycles. The van der Waals surface area contributed by atoms with Crippen molar-refractivity contribution in [1.82, 2.24) is 9.55 Å². The highest BCUT2D eigenvalue weighted by Crippen LogP contribution is 1.97. The quantitative estimate of drug-likeness (QED) is 0.514. The Balaban J connectivity index is 2.48. The predicted molar refractivity (Wildman–Crippen MR) is 45.2 cm³/mol. The molecule has 1 aromatic rings. The monoisotopic (exact) mass is 154 g/mol. The maximum absolute atomic E-state index is 4.09. The summed E-state index contributed by atoms with van der Waals surface area (Å²) in [5, 5.41) is 0. The van der Waals surface area contributed by atoms with Crippen LogP contribution in [-0.2, 0) is 6.54 Å². The average molecular weight is 154 g/mol. The van der Waals surface area contributed by atoms with Crippen LogP contribution in [0.5, 0.6) is 0 Å². The number of nitrogens with zero attached hydrogens (tertiary/aromatic N) is 2. The van der Waals surface area contributed by atoms with Crippen molar-refractivity contribution in [1.29, 1.82) is 0 Å². The first-order valence-corrected chi connectivity index (χ1v) is 3.69. The smallest absolute Gasteiger partial charge is 0.0948 e. The topological polar surface area (TPSA) is 17.8 Å². The lowest BCUT2D eigenvalue weighted by Gasteiger charge is -2.00. The predicted octanol–water partition coefficient (Wildman–Crippen LogP) is 1.37. The van der Waals surface area contributed by atoms with Crippen LogP contribution in [-0.4, -0.2) is 15.3 Å². The van der Waals surface area contributed by atoms with Gasteiger partial charge in [-0.2, -0.15) is 12.6 Å². The molecule has 0 aromatic carbocycles. The molecule has 54 valence electrons. The molecule has 0 spiro atoms. The molecular formula is C7H10N2S. The van der Waals surface area contributed by atoms with E-state index in [0.29, 0.717) is 0 Å². The first-order chi connectivity index (χ1) is 4.83. The van der Waals surface area contributed by atoms with Crippen LogP contribution in [0.3, 0.4) is 0 Å². The van der Waals surface area contributed by atoms with Crippen LogP contribution in [0, 0.1) is 0 Å². The maximum atomic E-state index is 4.09. The highest BCUT2D eigenvalue weighted by molar-refractivity contribution is 7.80. The fourth-order valence-electron chi connectivity index (χ4n) is 0.688. The summed E-state index contributed by atoms with van der Waals surface area (Å²) >= 11 is 4.09. The van der Waals surface area contributed by atoms with Gasteiger partial charge in [0, 0.05) is 24.7 Å². The van der Waals surface area contributed by atoms with Crippen LogP contribution in [0.25, 0.3) is 0 Å². The zero-order valence-corrected chi connectivity index (χ0v) is 6.59. The first-order valence-electron chi connectivity index (χ1n) is 3.06. The molecule has 1 aromatic heterocycles. The minimum Gasteiger partial charge on any atom is -0.333 e. The molecule has 0 atom stereocenters. The van der Waals surface area contributed by atoms with Crippen molar-refractivity contribution < 1.29 is 0 Å². The molecular weight excluding hydrogens is 144 g/mol. The Morgan fingerprint density at radius 2 is 2.50 bits per heavy atom. The third kappa shape index (κ3) is 1.92. The maximum Gasteiger partial charge on any atom is 0.0948 e. The summed E-state index contributed by atoms with van der Waals surface area (Å²) in [5.41, 5.74) is 1.10. The molecule has 0 saturated carbocycles. The zero-order chi connectivity index (χ0) is 7.40. The van der Waals surface area contributed by atoms with E-state index < -0.39 is 0 Å². The van der Waals surface area contributed by atoms with Crippen LogP contribution >= 0.6 is 12.6 Å². The van der Waals surface area contributed by atoms with Crippen molar-refractivity contribution in [2.75, 3.05) is 5.75 Å². The Morgan fingerprint density at radius 1 is 1.70 bits per heavy atom. The first kappa shape index (κ1) is 7.41. The largest absolute Gasteiger partial charge is 0.333 e. The van der Waals surface area contributed by atoms with Gasteiger partial charge in [0.05, 0.1) is 6.33 Å². The van der Waals surface area contributed by atoms with Crippen molar-refractivity contribution in [2.45, 2.75) is 6.54 Å². The van der Waals surface area contributed by atoms with Gasteiger partial charge in [0.1, 0.15) is 0 Å². The second-order valence-corrected chi connectivity index (χ2v) is 2.46. The highest BCUT2D eigenvalue weighted by Gasteiger charge is 1.91. The van der Waals surface area contributed by atoms with Gasteiger partial charge in [-0.25, -0.2) is 4.98 Å². The lowest BCUT2D eigenvalue weighted by molar-refractivity contribution is 0.787. The Hall–Kier alpha value is -0.700. The van der Waals surface area contributed by atoms with Crippen LogP contribution < -0.4 is 0 Å². The third-order valence-electron chi connectivity index (χ3n) is 1.19. The second kappa shape index (κ2) is 3.46. The van der Waals surface area contributed by atoms with Crippen molar-refractivity contribution in [3.05, 3.63) is 30.9 Å². The molecule has 2 nitrogen and oxygen atoms in total. The summed E-state index contributed by atoms with van der Waals surface area (Å²) in [6.07, 6.45) is 5.44. The van der Waals surface area contributed by atoms with Crippen LogP contribution in [0.2, 0.25) is 0 Å². The lowest BCUT2D eigenvalue weighted by atomic mass is 10.3. The van der Waals surface area contributed by atoms with Gasteiger partial charge < -0.3 is 4.57 Å². The van der Waals surface area contributed by atoms with E-state index in [1.807, 2.05) is 10.8 Å². The fraction of sp³-hybridized carbons (Fsp3) is 0.286. The number of hydrogen-bond donors (Lipinski definition) is 1. The van der Waals surface area contributed by atoms with Gasteiger partial charge in [0.15, 0.2) is 0 Å². The number of aromatic nitrogens is 2. The SMILES string of the molecule is C=C(CS)Cn1ccnc1. The number of rotatable bonds is 3.